The van der Waals surface area contributed by atoms with Crippen molar-refractivity contribution in [3.8, 4) is 0 Å². The number of likely N-dealkylation sites (N-methyl/N-ethyl adjacent to an activating group) is 1. The largest absolute Gasteiger partial charge is 0.374 e. The van der Waals surface area contributed by atoms with Gasteiger partial charge in [-0.2, -0.15) is 0 Å². The van der Waals surface area contributed by atoms with Crippen LogP contribution in [0.5, 0.6) is 0 Å². The van der Waals surface area contributed by atoms with Crippen LogP contribution in [0.1, 0.15) is 47.1 Å². The van der Waals surface area contributed by atoms with Gasteiger partial charge in [-0.25, -0.2) is 0 Å². The van der Waals surface area contributed by atoms with E-state index in [-0.39, 0.29) is 17.4 Å². The van der Waals surface area contributed by atoms with Crippen LogP contribution in [-0.4, -0.2) is 29.9 Å². The summed E-state index contributed by atoms with van der Waals surface area (Å²) in [6, 6.07) is 8.14. The fourth-order valence-corrected chi connectivity index (χ4v) is 2.19. The summed E-state index contributed by atoms with van der Waals surface area (Å²) < 4.78 is 0. The lowest BCUT2D eigenvalue weighted by Gasteiger charge is -2.24. The molecule has 0 radical (unpaired) electrons. The number of amides is 1. The molecular weight excluding hydrogens is 248 g/mol. The standard InChI is InChI=1S/C17H28N2O/c1-7-19(8-2)16(20)13(3)18-15-11-9-14(10-12-15)17(4,5)6/h9-13,18H,7-8H2,1-6H3. The first-order valence-electron chi connectivity index (χ1n) is 7.45. The molecule has 112 valence electrons. The molecule has 1 atom stereocenters. The minimum absolute atomic E-state index is 0.148. The molecule has 1 rings (SSSR count). The van der Waals surface area contributed by atoms with Crippen LogP contribution < -0.4 is 5.32 Å². The number of hydrogen-bond acceptors (Lipinski definition) is 2. The maximum Gasteiger partial charge on any atom is 0.244 e. The highest BCUT2D eigenvalue weighted by atomic mass is 16.2. The van der Waals surface area contributed by atoms with Crippen LogP contribution in [-0.2, 0) is 10.2 Å². The molecule has 0 bridgehead atoms. The summed E-state index contributed by atoms with van der Waals surface area (Å²) >= 11 is 0. The average molecular weight is 276 g/mol. The number of benzene rings is 1. The average Bonchev–Trinajstić information content (AvgIpc) is 2.39. The third kappa shape index (κ3) is 4.26. The van der Waals surface area contributed by atoms with Crippen LogP contribution in [0.4, 0.5) is 5.69 Å². The van der Waals surface area contributed by atoms with E-state index in [1.54, 1.807) is 0 Å². The fourth-order valence-electron chi connectivity index (χ4n) is 2.19. The highest BCUT2D eigenvalue weighted by Gasteiger charge is 2.18. The van der Waals surface area contributed by atoms with Gasteiger partial charge in [-0.15, -0.1) is 0 Å². The summed E-state index contributed by atoms with van der Waals surface area (Å²) in [6.07, 6.45) is 0. The number of nitrogens with zero attached hydrogens (tertiary/aromatic N) is 1. The Balaban J connectivity index is 2.71. The van der Waals surface area contributed by atoms with Gasteiger partial charge in [0.2, 0.25) is 5.91 Å². The summed E-state index contributed by atoms with van der Waals surface area (Å²) in [7, 11) is 0. The van der Waals surface area contributed by atoms with E-state index in [9.17, 15) is 4.79 Å². The van der Waals surface area contributed by atoms with E-state index in [0.29, 0.717) is 0 Å². The molecule has 0 heterocycles. The Bertz CT molecular complexity index is 427. The van der Waals surface area contributed by atoms with Gasteiger partial charge in [0.1, 0.15) is 6.04 Å². The second kappa shape index (κ2) is 6.78. The van der Waals surface area contributed by atoms with Gasteiger partial charge in [0.25, 0.3) is 0 Å². The number of rotatable bonds is 5. The maximum atomic E-state index is 12.2. The van der Waals surface area contributed by atoms with Gasteiger partial charge in [0.15, 0.2) is 0 Å². The fraction of sp³-hybridized carbons (Fsp3) is 0.588. The number of carbonyl (C=O) groups excluding carboxylic acids is 1. The van der Waals surface area contributed by atoms with Gasteiger partial charge in [0, 0.05) is 18.8 Å². The molecule has 0 saturated carbocycles. The Hall–Kier alpha value is -1.51. The molecule has 0 aliphatic heterocycles. The summed E-state index contributed by atoms with van der Waals surface area (Å²) in [6.45, 7) is 14.0. The lowest BCUT2D eigenvalue weighted by atomic mass is 9.87. The van der Waals surface area contributed by atoms with E-state index in [1.165, 1.54) is 5.56 Å². The normalized spacial score (nSPS) is 12.9. The molecule has 1 amide bonds. The molecule has 3 nitrogen and oxygen atoms in total. The second-order valence-corrected chi connectivity index (χ2v) is 6.20. The van der Waals surface area contributed by atoms with Crippen molar-refractivity contribution in [3.05, 3.63) is 29.8 Å². The van der Waals surface area contributed by atoms with Crippen LogP contribution in [0.15, 0.2) is 24.3 Å². The van der Waals surface area contributed by atoms with E-state index in [1.807, 2.05) is 37.8 Å². The SMILES string of the molecule is CCN(CC)C(=O)C(C)Nc1ccc(C(C)(C)C)cc1. The minimum Gasteiger partial charge on any atom is -0.374 e. The summed E-state index contributed by atoms with van der Waals surface area (Å²) in [4.78, 5) is 14.0. The first-order chi connectivity index (χ1) is 9.29. The highest BCUT2D eigenvalue weighted by Crippen LogP contribution is 2.23. The molecule has 1 unspecified atom stereocenters. The van der Waals surface area contributed by atoms with Crippen LogP contribution in [0.3, 0.4) is 0 Å². The van der Waals surface area contributed by atoms with Crippen LogP contribution in [0.25, 0.3) is 0 Å². The minimum atomic E-state index is -0.199. The Kier molecular flexibility index (Phi) is 5.61. The van der Waals surface area contributed by atoms with E-state index in [0.717, 1.165) is 18.8 Å². The number of nitrogens with one attached hydrogen (secondary N) is 1. The van der Waals surface area contributed by atoms with Crippen LogP contribution in [0, 0.1) is 0 Å². The lowest BCUT2D eigenvalue weighted by molar-refractivity contribution is -0.131. The zero-order valence-electron chi connectivity index (χ0n) is 13.7. The van der Waals surface area contributed by atoms with Crippen molar-refractivity contribution in [2.24, 2.45) is 0 Å². The molecule has 1 aromatic carbocycles. The molecule has 1 N–H and O–H groups in total. The zero-order chi connectivity index (χ0) is 15.3. The molecule has 0 aromatic heterocycles. The molecule has 3 heteroatoms. The Labute approximate surface area is 123 Å². The summed E-state index contributed by atoms with van der Waals surface area (Å²) in [5.41, 5.74) is 2.44. The Morgan fingerprint density at radius 2 is 1.65 bits per heavy atom. The predicted molar refractivity (Wildman–Crippen MR) is 86.2 cm³/mol. The van der Waals surface area contributed by atoms with E-state index < -0.39 is 0 Å². The molecule has 0 aliphatic carbocycles. The summed E-state index contributed by atoms with van der Waals surface area (Å²) in [5.74, 6) is 0.148. The molecule has 0 aliphatic rings. The molecular formula is C17H28N2O. The molecule has 0 saturated heterocycles. The van der Waals surface area contributed by atoms with Gasteiger partial charge in [-0.3, -0.25) is 4.79 Å². The Morgan fingerprint density at radius 3 is 2.05 bits per heavy atom. The third-order valence-corrected chi connectivity index (χ3v) is 3.58. The van der Waals surface area contributed by atoms with Gasteiger partial charge >= 0.3 is 0 Å². The smallest absolute Gasteiger partial charge is 0.244 e. The van der Waals surface area contributed by atoms with Gasteiger partial charge < -0.3 is 10.2 Å². The van der Waals surface area contributed by atoms with Crippen molar-refractivity contribution in [1.29, 1.82) is 0 Å². The first kappa shape index (κ1) is 16.5. The van der Waals surface area contributed by atoms with E-state index >= 15 is 0 Å². The first-order valence-corrected chi connectivity index (χ1v) is 7.45. The summed E-state index contributed by atoms with van der Waals surface area (Å²) in [5, 5.41) is 3.28. The Morgan fingerprint density at radius 1 is 1.15 bits per heavy atom. The van der Waals surface area contributed by atoms with Crippen molar-refractivity contribution in [3.63, 3.8) is 0 Å². The number of anilines is 1. The van der Waals surface area contributed by atoms with Crippen LogP contribution >= 0.6 is 0 Å². The monoisotopic (exact) mass is 276 g/mol. The molecule has 20 heavy (non-hydrogen) atoms. The quantitative estimate of drug-likeness (QED) is 0.890. The number of carbonyl (C=O) groups is 1. The van der Waals surface area contributed by atoms with Crippen LogP contribution in [0.2, 0.25) is 0 Å². The van der Waals surface area contributed by atoms with Gasteiger partial charge in [0.05, 0.1) is 0 Å². The molecule has 0 fully saturated rings. The third-order valence-electron chi connectivity index (χ3n) is 3.58. The van der Waals surface area contributed by atoms with Crippen molar-refractivity contribution in [2.75, 3.05) is 18.4 Å². The predicted octanol–water partition coefficient (Wildman–Crippen LogP) is 3.65. The lowest BCUT2D eigenvalue weighted by Crippen LogP contribution is -2.41. The highest BCUT2D eigenvalue weighted by molar-refractivity contribution is 5.84. The van der Waals surface area contributed by atoms with Gasteiger partial charge in [-0.1, -0.05) is 32.9 Å². The second-order valence-electron chi connectivity index (χ2n) is 6.20. The van der Waals surface area contributed by atoms with Crippen molar-refractivity contribution >= 4 is 11.6 Å². The zero-order valence-corrected chi connectivity index (χ0v) is 13.7. The number of hydrogen-bond donors (Lipinski definition) is 1. The molecule has 0 spiro atoms. The van der Waals surface area contributed by atoms with Crippen molar-refractivity contribution in [1.82, 2.24) is 4.90 Å². The van der Waals surface area contributed by atoms with E-state index in [2.05, 4.69) is 38.2 Å². The topological polar surface area (TPSA) is 32.3 Å². The van der Waals surface area contributed by atoms with Crippen molar-refractivity contribution in [2.45, 2.75) is 53.0 Å². The van der Waals surface area contributed by atoms with Gasteiger partial charge in [-0.05, 0) is 43.9 Å². The van der Waals surface area contributed by atoms with E-state index in [4.69, 9.17) is 0 Å². The maximum absolute atomic E-state index is 12.2. The molecule has 1 aromatic rings. The van der Waals surface area contributed by atoms with Crippen molar-refractivity contribution < 1.29 is 4.79 Å².